The number of allylic oxidation sites excluding steroid dienone is 2. The molecule has 2 aliphatic carbocycles. The molecule has 26 heavy (non-hydrogen) atoms. The van der Waals surface area contributed by atoms with Crippen molar-refractivity contribution >= 4 is 11.6 Å². The quantitative estimate of drug-likeness (QED) is 0.484. The third-order valence-corrected chi connectivity index (χ3v) is 6.85. The molecule has 0 unspecified atom stereocenters. The summed E-state index contributed by atoms with van der Waals surface area (Å²) < 4.78 is 13.4. The lowest BCUT2D eigenvalue weighted by Crippen LogP contribution is -2.25. The topological polar surface area (TPSA) is 0 Å². The smallest absolute Gasteiger partial charge is 0.143 e. The van der Waals surface area contributed by atoms with Crippen molar-refractivity contribution in [3.8, 4) is 11.8 Å². The van der Waals surface area contributed by atoms with E-state index in [0.717, 1.165) is 17.8 Å². The van der Waals surface area contributed by atoms with Crippen molar-refractivity contribution in [3.05, 3.63) is 46.8 Å². The van der Waals surface area contributed by atoms with Crippen LogP contribution in [-0.2, 0) is 0 Å². The summed E-state index contributed by atoms with van der Waals surface area (Å²) in [6.07, 6.45) is 16.8. The predicted octanol–water partition coefficient (Wildman–Crippen LogP) is 7.41. The van der Waals surface area contributed by atoms with Crippen LogP contribution in [0.3, 0.4) is 0 Å². The molecule has 0 aromatic heterocycles. The summed E-state index contributed by atoms with van der Waals surface area (Å²) in [4.78, 5) is 0. The molecule has 1 aromatic carbocycles. The largest absolute Gasteiger partial charge is 0.205 e. The van der Waals surface area contributed by atoms with Gasteiger partial charge < -0.3 is 0 Å². The van der Waals surface area contributed by atoms with Gasteiger partial charge in [0.2, 0.25) is 0 Å². The van der Waals surface area contributed by atoms with Crippen LogP contribution in [0.1, 0.15) is 70.3 Å². The molecule has 0 aliphatic heterocycles. The van der Waals surface area contributed by atoms with Crippen LogP contribution in [0, 0.1) is 41.3 Å². The highest BCUT2D eigenvalue weighted by Crippen LogP contribution is 2.42. The zero-order valence-electron chi connectivity index (χ0n) is 15.8. The van der Waals surface area contributed by atoms with E-state index in [1.165, 1.54) is 63.9 Å². The molecule has 0 spiro atoms. The maximum Gasteiger partial charge on any atom is 0.143 e. The molecule has 0 N–H and O–H groups in total. The lowest BCUT2D eigenvalue weighted by molar-refractivity contribution is 0.154. The average Bonchev–Trinajstić information content (AvgIpc) is 2.68. The Hall–Kier alpha value is -1.26. The van der Waals surface area contributed by atoms with Crippen molar-refractivity contribution in [2.45, 2.75) is 64.7 Å². The zero-order valence-corrected chi connectivity index (χ0v) is 16.6. The molecular formula is C24H30ClF. The second-order valence-corrected chi connectivity index (χ2v) is 8.53. The predicted molar refractivity (Wildman–Crippen MR) is 109 cm³/mol. The summed E-state index contributed by atoms with van der Waals surface area (Å²) in [5.74, 6) is 9.23. The van der Waals surface area contributed by atoms with Crippen LogP contribution in [0.15, 0.2) is 30.4 Å². The first-order chi connectivity index (χ1) is 12.7. The average molecular weight is 373 g/mol. The van der Waals surface area contributed by atoms with Gasteiger partial charge in [0.1, 0.15) is 5.82 Å². The monoisotopic (exact) mass is 372 g/mol. The molecule has 0 radical (unpaired) electrons. The summed E-state index contributed by atoms with van der Waals surface area (Å²) in [7, 11) is 0. The molecule has 0 atom stereocenters. The Labute approximate surface area is 163 Å². The SMILES string of the molecule is CCC1CCC(C2CCC(C=CC#Cc3ccc(Cl)c(F)c3)CC2)CC1. The molecule has 1 aromatic rings. The van der Waals surface area contributed by atoms with E-state index in [1.807, 2.05) is 6.08 Å². The minimum Gasteiger partial charge on any atom is -0.205 e. The molecule has 0 bridgehead atoms. The van der Waals surface area contributed by atoms with Gasteiger partial charge in [-0.2, -0.15) is 0 Å². The molecule has 140 valence electrons. The summed E-state index contributed by atoms with van der Waals surface area (Å²) in [6, 6.07) is 4.70. The second kappa shape index (κ2) is 9.61. The van der Waals surface area contributed by atoms with Crippen LogP contribution in [-0.4, -0.2) is 0 Å². The van der Waals surface area contributed by atoms with E-state index in [0.29, 0.717) is 11.5 Å². The summed E-state index contributed by atoms with van der Waals surface area (Å²) in [5, 5.41) is 0.144. The molecule has 2 aliphatic rings. The fourth-order valence-electron chi connectivity index (χ4n) is 4.76. The number of halogens is 2. The minimum atomic E-state index is -0.409. The Morgan fingerprint density at radius 3 is 2.31 bits per heavy atom. The third-order valence-electron chi connectivity index (χ3n) is 6.54. The molecular weight excluding hydrogens is 343 g/mol. The second-order valence-electron chi connectivity index (χ2n) is 8.12. The van der Waals surface area contributed by atoms with Gasteiger partial charge in [0.25, 0.3) is 0 Å². The van der Waals surface area contributed by atoms with Crippen molar-refractivity contribution in [1.29, 1.82) is 0 Å². The van der Waals surface area contributed by atoms with Crippen LogP contribution in [0.5, 0.6) is 0 Å². The van der Waals surface area contributed by atoms with Gasteiger partial charge in [-0.25, -0.2) is 4.39 Å². The van der Waals surface area contributed by atoms with E-state index in [2.05, 4.69) is 24.8 Å². The lowest BCUT2D eigenvalue weighted by atomic mass is 9.69. The van der Waals surface area contributed by atoms with Gasteiger partial charge in [0.15, 0.2) is 0 Å². The first-order valence-corrected chi connectivity index (χ1v) is 10.7. The zero-order chi connectivity index (χ0) is 18.4. The van der Waals surface area contributed by atoms with Crippen molar-refractivity contribution in [3.63, 3.8) is 0 Å². The normalized spacial score (nSPS) is 29.3. The van der Waals surface area contributed by atoms with Crippen LogP contribution < -0.4 is 0 Å². The Bertz CT molecular complexity index is 665. The molecule has 0 nitrogen and oxygen atoms in total. The first-order valence-electron chi connectivity index (χ1n) is 10.3. The molecule has 0 amide bonds. The van der Waals surface area contributed by atoms with Crippen molar-refractivity contribution < 1.29 is 4.39 Å². The Morgan fingerprint density at radius 1 is 1.04 bits per heavy atom. The number of hydrogen-bond acceptors (Lipinski definition) is 0. The van der Waals surface area contributed by atoms with Gasteiger partial charge in [-0.1, -0.05) is 55.7 Å². The molecule has 2 saturated carbocycles. The molecule has 0 saturated heterocycles. The fourth-order valence-corrected chi connectivity index (χ4v) is 4.88. The van der Waals surface area contributed by atoms with Gasteiger partial charge >= 0.3 is 0 Å². The molecule has 2 heteroatoms. The van der Waals surface area contributed by atoms with Crippen molar-refractivity contribution in [2.24, 2.45) is 23.7 Å². The van der Waals surface area contributed by atoms with E-state index >= 15 is 0 Å². The number of rotatable bonds is 3. The van der Waals surface area contributed by atoms with Gasteiger partial charge in [-0.3, -0.25) is 0 Å². The van der Waals surface area contributed by atoms with Crippen LogP contribution in [0.25, 0.3) is 0 Å². The standard InChI is InChI=1S/C24H30ClF/c1-2-18-7-12-21(13-8-18)22-14-9-19(10-15-22)5-3-4-6-20-11-16-23(25)24(26)17-20/h3,5,11,16-19,21-22H,2,7-10,12-15H2,1H3. The van der Waals surface area contributed by atoms with Gasteiger partial charge in [0, 0.05) is 5.56 Å². The summed E-state index contributed by atoms with van der Waals surface area (Å²) >= 11 is 5.69. The highest BCUT2D eigenvalue weighted by molar-refractivity contribution is 6.30. The highest BCUT2D eigenvalue weighted by Gasteiger charge is 2.29. The van der Waals surface area contributed by atoms with E-state index in [4.69, 9.17) is 11.6 Å². The Morgan fingerprint density at radius 2 is 1.69 bits per heavy atom. The Kier molecular flexibility index (Phi) is 7.21. The highest BCUT2D eigenvalue weighted by atomic mass is 35.5. The van der Waals surface area contributed by atoms with Crippen LogP contribution >= 0.6 is 11.6 Å². The summed E-state index contributed by atoms with van der Waals surface area (Å²) in [6.45, 7) is 2.34. The first kappa shape index (κ1) is 19.5. The molecule has 2 fully saturated rings. The van der Waals surface area contributed by atoms with Crippen LogP contribution in [0.2, 0.25) is 5.02 Å². The molecule has 3 rings (SSSR count). The van der Waals surface area contributed by atoms with Crippen molar-refractivity contribution in [2.75, 3.05) is 0 Å². The lowest BCUT2D eigenvalue weighted by Gasteiger charge is -2.37. The van der Waals surface area contributed by atoms with Gasteiger partial charge in [0.05, 0.1) is 5.02 Å². The van der Waals surface area contributed by atoms with Crippen molar-refractivity contribution in [1.82, 2.24) is 0 Å². The molecule has 0 heterocycles. The minimum absolute atomic E-state index is 0.144. The van der Waals surface area contributed by atoms with E-state index in [9.17, 15) is 4.39 Å². The van der Waals surface area contributed by atoms with E-state index < -0.39 is 5.82 Å². The van der Waals surface area contributed by atoms with Gasteiger partial charge in [-0.15, -0.1) is 0 Å². The maximum atomic E-state index is 13.4. The number of hydrogen-bond donors (Lipinski definition) is 0. The fraction of sp³-hybridized carbons (Fsp3) is 0.583. The van der Waals surface area contributed by atoms with E-state index in [1.54, 1.807) is 12.1 Å². The number of benzene rings is 1. The van der Waals surface area contributed by atoms with E-state index in [-0.39, 0.29) is 5.02 Å². The maximum absolute atomic E-state index is 13.4. The third kappa shape index (κ3) is 5.37. The van der Waals surface area contributed by atoms with Gasteiger partial charge in [-0.05, 0) is 86.5 Å². The van der Waals surface area contributed by atoms with Crippen LogP contribution in [0.4, 0.5) is 4.39 Å². The summed E-state index contributed by atoms with van der Waals surface area (Å²) in [5.41, 5.74) is 0.669. The Balaban J connectivity index is 1.43.